The molecule has 0 aliphatic heterocycles. The molecule has 0 fully saturated rings. The number of rotatable bonds is 7. The molecule has 17 heavy (non-hydrogen) atoms. The Hall–Kier alpha value is -0.520. The van der Waals surface area contributed by atoms with Crippen molar-refractivity contribution in [2.24, 2.45) is 0 Å². The van der Waals surface area contributed by atoms with Crippen LogP contribution in [0, 0.1) is 6.92 Å². The normalized spacial score (nSPS) is 12.4. The lowest BCUT2D eigenvalue weighted by molar-refractivity contribution is -0.129. The van der Waals surface area contributed by atoms with E-state index in [1.54, 1.807) is 23.1 Å². The lowest BCUT2D eigenvalue weighted by Gasteiger charge is -2.10. The standard InChI is InChI=1S/C12H19NO2S2/c1-9-3-4-10(17-9)5-7-13-12(15)11(14)6-8-16-2/h3-4,11,14H,5-8H2,1-2H3,(H,13,15)/t11-/m0/s1. The summed E-state index contributed by atoms with van der Waals surface area (Å²) >= 11 is 3.38. The van der Waals surface area contributed by atoms with Gasteiger partial charge in [0.2, 0.25) is 5.91 Å². The summed E-state index contributed by atoms with van der Waals surface area (Å²) in [5.41, 5.74) is 0. The first-order chi connectivity index (χ1) is 8.13. The van der Waals surface area contributed by atoms with Crippen molar-refractivity contribution >= 4 is 29.0 Å². The van der Waals surface area contributed by atoms with Crippen molar-refractivity contribution in [1.82, 2.24) is 5.32 Å². The lowest BCUT2D eigenvalue weighted by Crippen LogP contribution is -2.35. The zero-order chi connectivity index (χ0) is 12.7. The monoisotopic (exact) mass is 273 g/mol. The molecule has 0 aliphatic carbocycles. The van der Waals surface area contributed by atoms with Gasteiger partial charge in [0.1, 0.15) is 6.10 Å². The zero-order valence-electron chi connectivity index (χ0n) is 10.2. The van der Waals surface area contributed by atoms with Gasteiger partial charge in [0.05, 0.1) is 0 Å². The number of hydrogen-bond acceptors (Lipinski definition) is 4. The van der Waals surface area contributed by atoms with Gasteiger partial charge in [-0.15, -0.1) is 11.3 Å². The predicted octanol–water partition coefficient (Wildman–Crippen LogP) is 1.83. The van der Waals surface area contributed by atoms with E-state index in [1.807, 2.05) is 6.26 Å². The maximum atomic E-state index is 11.5. The van der Waals surface area contributed by atoms with Crippen molar-refractivity contribution in [2.45, 2.75) is 25.9 Å². The third kappa shape index (κ3) is 5.57. The molecule has 0 saturated carbocycles. The third-order valence-electron chi connectivity index (χ3n) is 2.36. The van der Waals surface area contributed by atoms with Gasteiger partial charge >= 0.3 is 0 Å². The number of carbonyl (C=O) groups is 1. The van der Waals surface area contributed by atoms with Gasteiger partial charge in [-0.2, -0.15) is 11.8 Å². The van der Waals surface area contributed by atoms with Crippen molar-refractivity contribution in [3.05, 3.63) is 21.9 Å². The Labute approximate surface area is 111 Å². The SMILES string of the molecule is CSCC[C@H](O)C(=O)NCCc1ccc(C)s1. The molecule has 96 valence electrons. The fourth-order valence-electron chi connectivity index (χ4n) is 1.41. The van der Waals surface area contributed by atoms with Crippen LogP contribution < -0.4 is 5.32 Å². The maximum absolute atomic E-state index is 11.5. The zero-order valence-corrected chi connectivity index (χ0v) is 11.9. The number of thioether (sulfide) groups is 1. The van der Waals surface area contributed by atoms with Gasteiger partial charge in [0.15, 0.2) is 0 Å². The molecule has 0 bridgehead atoms. The molecule has 0 radical (unpaired) electrons. The molecule has 0 spiro atoms. The Balaban J connectivity index is 2.19. The molecule has 0 unspecified atom stereocenters. The number of aliphatic hydroxyl groups is 1. The Morgan fingerprint density at radius 2 is 2.35 bits per heavy atom. The van der Waals surface area contributed by atoms with Gasteiger partial charge in [-0.1, -0.05) is 0 Å². The Morgan fingerprint density at radius 3 is 2.94 bits per heavy atom. The highest BCUT2D eigenvalue weighted by Gasteiger charge is 2.13. The fraction of sp³-hybridized carbons (Fsp3) is 0.583. The summed E-state index contributed by atoms with van der Waals surface area (Å²) in [6.45, 7) is 2.66. The van der Waals surface area contributed by atoms with E-state index in [1.165, 1.54) is 9.75 Å². The van der Waals surface area contributed by atoms with E-state index in [0.29, 0.717) is 13.0 Å². The van der Waals surface area contributed by atoms with E-state index in [2.05, 4.69) is 24.4 Å². The van der Waals surface area contributed by atoms with Crippen LogP contribution in [0.5, 0.6) is 0 Å². The first kappa shape index (κ1) is 14.5. The summed E-state index contributed by atoms with van der Waals surface area (Å²) in [5.74, 6) is 0.547. The summed E-state index contributed by atoms with van der Waals surface area (Å²) in [5, 5.41) is 12.3. The molecule has 5 heteroatoms. The topological polar surface area (TPSA) is 49.3 Å². The second-order valence-electron chi connectivity index (χ2n) is 3.85. The minimum absolute atomic E-state index is 0.257. The molecule has 1 atom stereocenters. The minimum atomic E-state index is -0.868. The van der Waals surface area contributed by atoms with Crippen LogP contribution in [0.3, 0.4) is 0 Å². The van der Waals surface area contributed by atoms with Gasteiger partial charge < -0.3 is 10.4 Å². The molecule has 0 aromatic carbocycles. The number of thiophene rings is 1. The highest BCUT2D eigenvalue weighted by molar-refractivity contribution is 7.98. The van der Waals surface area contributed by atoms with Crippen molar-refractivity contribution in [3.63, 3.8) is 0 Å². The van der Waals surface area contributed by atoms with E-state index in [4.69, 9.17) is 0 Å². The second-order valence-corrected chi connectivity index (χ2v) is 6.21. The lowest BCUT2D eigenvalue weighted by atomic mass is 10.2. The van der Waals surface area contributed by atoms with Crippen molar-refractivity contribution in [2.75, 3.05) is 18.6 Å². The number of aliphatic hydroxyl groups excluding tert-OH is 1. The molecule has 0 aliphatic rings. The highest BCUT2D eigenvalue weighted by atomic mass is 32.2. The van der Waals surface area contributed by atoms with Crippen LogP contribution >= 0.6 is 23.1 Å². The molecular formula is C12H19NO2S2. The van der Waals surface area contributed by atoms with E-state index in [-0.39, 0.29) is 5.91 Å². The number of carbonyl (C=O) groups excluding carboxylic acids is 1. The molecule has 0 saturated heterocycles. The van der Waals surface area contributed by atoms with Crippen LogP contribution in [0.15, 0.2) is 12.1 Å². The molecule has 3 nitrogen and oxygen atoms in total. The first-order valence-electron chi connectivity index (χ1n) is 5.63. The Kier molecular flexibility index (Phi) is 6.62. The van der Waals surface area contributed by atoms with Gasteiger partial charge in [-0.3, -0.25) is 4.79 Å². The van der Waals surface area contributed by atoms with Crippen LogP contribution in [-0.4, -0.2) is 35.7 Å². The summed E-state index contributed by atoms with van der Waals surface area (Å²) in [6.07, 6.45) is 2.45. The third-order valence-corrected chi connectivity index (χ3v) is 4.07. The number of aryl methyl sites for hydroxylation is 1. The molecule has 1 rings (SSSR count). The van der Waals surface area contributed by atoms with Gasteiger partial charge in [0, 0.05) is 16.3 Å². The van der Waals surface area contributed by atoms with Crippen LogP contribution in [0.2, 0.25) is 0 Å². The first-order valence-corrected chi connectivity index (χ1v) is 7.84. The number of nitrogens with one attached hydrogen (secondary N) is 1. The average Bonchev–Trinajstić information content (AvgIpc) is 2.71. The van der Waals surface area contributed by atoms with E-state index >= 15 is 0 Å². The molecular weight excluding hydrogens is 254 g/mol. The van der Waals surface area contributed by atoms with Gasteiger partial charge in [-0.05, 0) is 43.9 Å². The van der Waals surface area contributed by atoms with E-state index in [0.717, 1.165) is 12.2 Å². The van der Waals surface area contributed by atoms with Gasteiger partial charge in [-0.25, -0.2) is 0 Å². The van der Waals surface area contributed by atoms with Crippen LogP contribution in [-0.2, 0) is 11.2 Å². The molecule has 2 N–H and O–H groups in total. The minimum Gasteiger partial charge on any atom is -0.383 e. The molecule has 1 amide bonds. The van der Waals surface area contributed by atoms with Crippen molar-refractivity contribution in [3.8, 4) is 0 Å². The summed E-state index contributed by atoms with van der Waals surface area (Å²) in [4.78, 5) is 14.0. The predicted molar refractivity (Wildman–Crippen MR) is 74.8 cm³/mol. The second kappa shape index (κ2) is 7.74. The number of hydrogen-bond donors (Lipinski definition) is 2. The molecule has 1 aromatic heterocycles. The Bertz CT molecular complexity index is 352. The van der Waals surface area contributed by atoms with Gasteiger partial charge in [0.25, 0.3) is 0 Å². The van der Waals surface area contributed by atoms with Crippen LogP contribution in [0.25, 0.3) is 0 Å². The molecule has 1 heterocycles. The number of amides is 1. The van der Waals surface area contributed by atoms with Crippen LogP contribution in [0.4, 0.5) is 0 Å². The summed E-state index contributed by atoms with van der Waals surface area (Å²) in [7, 11) is 0. The summed E-state index contributed by atoms with van der Waals surface area (Å²) in [6, 6.07) is 4.16. The highest BCUT2D eigenvalue weighted by Crippen LogP contribution is 2.14. The fourth-order valence-corrected chi connectivity index (χ4v) is 2.76. The quantitative estimate of drug-likeness (QED) is 0.797. The smallest absolute Gasteiger partial charge is 0.248 e. The van der Waals surface area contributed by atoms with Crippen molar-refractivity contribution < 1.29 is 9.90 Å². The van der Waals surface area contributed by atoms with E-state index in [9.17, 15) is 9.90 Å². The largest absolute Gasteiger partial charge is 0.383 e. The molecule has 1 aromatic rings. The van der Waals surface area contributed by atoms with Crippen molar-refractivity contribution in [1.29, 1.82) is 0 Å². The van der Waals surface area contributed by atoms with Crippen LogP contribution in [0.1, 0.15) is 16.2 Å². The Morgan fingerprint density at radius 1 is 1.59 bits per heavy atom. The van der Waals surface area contributed by atoms with E-state index < -0.39 is 6.10 Å². The maximum Gasteiger partial charge on any atom is 0.248 e. The average molecular weight is 273 g/mol. The summed E-state index contributed by atoms with van der Waals surface area (Å²) < 4.78 is 0.